The zero-order valence-corrected chi connectivity index (χ0v) is 8.78. The topological polar surface area (TPSA) is 114 Å². The van der Waals surface area contributed by atoms with Gasteiger partial charge in [0.25, 0.3) is 0 Å². The van der Waals surface area contributed by atoms with Crippen LogP contribution in [0, 0.1) is 11.3 Å². The van der Waals surface area contributed by atoms with Crippen LogP contribution in [-0.4, -0.2) is 27.4 Å². The molecule has 17 heavy (non-hydrogen) atoms. The van der Waals surface area contributed by atoms with Crippen LogP contribution in [0.2, 0.25) is 0 Å². The van der Waals surface area contributed by atoms with Crippen LogP contribution in [0.25, 0.3) is 0 Å². The van der Waals surface area contributed by atoms with Crippen molar-refractivity contribution in [3.05, 3.63) is 34.4 Å². The Balaban J connectivity index is 2.35. The molecule has 1 aromatic heterocycles. The number of ether oxygens (including phenoxy) is 1. The van der Waals surface area contributed by atoms with Crippen molar-refractivity contribution in [2.75, 3.05) is 12.3 Å². The van der Waals surface area contributed by atoms with Gasteiger partial charge in [-0.15, -0.1) is 0 Å². The van der Waals surface area contributed by atoms with E-state index < -0.39 is 18.0 Å². The van der Waals surface area contributed by atoms with Crippen LogP contribution in [0.5, 0.6) is 0 Å². The Hall–Kier alpha value is -2.17. The van der Waals surface area contributed by atoms with Gasteiger partial charge in [0.15, 0.2) is 6.23 Å². The summed E-state index contributed by atoms with van der Waals surface area (Å²) >= 11 is 0. The van der Waals surface area contributed by atoms with Gasteiger partial charge >= 0.3 is 5.69 Å². The molecule has 7 nitrogen and oxygen atoms in total. The lowest BCUT2D eigenvalue weighted by atomic mass is 10.2. The maximum absolute atomic E-state index is 11.5. The van der Waals surface area contributed by atoms with Gasteiger partial charge in [0.2, 0.25) is 0 Å². The van der Waals surface area contributed by atoms with Crippen molar-refractivity contribution in [3.8, 4) is 6.07 Å². The summed E-state index contributed by atoms with van der Waals surface area (Å²) < 4.78 is 6.54. The molecule has 2 heterocycles. The molecule has 1 aliphatic heterocycles. The number of nitrogens with zero attached hydrogens (tertiary/aromatic N) is 3. The largest absolute Gasteiger partial charge is 0.393 e. The maximum atomic E-state index is 11.5. The van der Waals surface area contributed by atoms with Crippen molar-refractivity contribution < 1.29 is 9.84 Å². The molecule has 0 amide bonds. The highest BCUT2D eigenvalue weighted by Crippen LogP contribution is 2.25. The third-order valence-electron chi connectivity index (χ3n) is 2.39. The molecule has 3 N–H and O–H groups in total. The molecule has 0 radical (unpaired) electrons. The Morgan fingerprint density at radius 1 is 1.71 bits per heavy atom. The average Bonchev–Trinajstić information content (AvgIpc) is 2.72. The van der Waals surface area contributed by atoms with Gasteiger partial charge in [-0.1, -0.05) is 0 Å². The molecule has 0 aromatic carbocycles. The predicted molar refractivity (Wildman–Crippen MR) is 57.6 cm³/mol. The van der Waals surface area contributed by atoms with Crippen LogP contribution in [0.3, 0.4) is 0 Å². The van der Waals surface area contributed by atoms with Gasteiger partial charge in [-0.3, -0.25) is 4.57 Å². The first-order valence-corrected chi connectivity index (χ1v) is 4.88. The van der Waals surface area contributed by atoms with Crippen LogP contribution >= 0.6 is 0 Å². The van der Waals surface area contributed by atoms with E-state index >= 15 is 0 Å². The van der Waals surface area contributed by atoms with E-state index in [1.165, 1.54) is 22.9 Å². The molecule has 0 unspecified atom stereocenters. The van der Waals surface area contributed by atoms with E-state index in [1.54, 1.807) is 0 Å². The highest BCUT2D eigenvalue weighted by molar-refractivity contribution is 5.30. The van der Waals surface area contributed by atoms with Gasteiger partial charge in [-0.25, -0.2) is 4.79 Å². The fourth-order valence-electron chi connectivity index (χ4n) is 1.56. The highest BCUT2D eigenvalue weighted by atomic mass is 16.5. The number of nitrogens with two attached hydrogens (primary N) is 1. The minimum absolute atomic E-state index is 0.118. The molecular formula is C10H10N4O3. The van der Waals surface area contributed by atoms with E-state index in [0.717, 1.165) is 0 Å². The number of nitrogen functional groups attached to an aromatic ring is 1. The SMILES string of the molecule is N#CC1=C[C@@H](n2ccc(N)nc2=O)O[C@H]1CO. The van der Waals surface area contributed by atoms with E-state index in [2.05, 4.69) is 4.98 Å². The van der Waals surface area contributed by atoms with Crippen LogP contribution in [0.1, 0.15) is 6.23 Å². The number of aromatic nitrogens is 2. The number of hydrogen-bond acceptors (Lipinski definition) is 6. The highest BCUT2D eigenvalue weighted by Gasteiger charge is 2.28. The van der Waals surface area contributed by atoms with Gasteiger partial charge in [-0.2, -0.15) is 10.2 Å². The van der Waals surface area contributed by atoms with Crippen molar-refractivity contribution in [1.82, 2.24) is 9.55 Å². The number of nitriles is 1. The van der Waals surface area contributed by atoms with Gasteiger partial charge < -0.3 is 15.6 Å². The van der Waals surface area contributed by atoms with Crippen molar-refractivity contribution in [2.45, 2.75) is 12.3 Å². The number of aliphatic hydroxyl groups is 1. The second-order valence-corrected chi connectivity index (χ2v) is 3.47. The first-order valence-electron chi connectivity index (χ1n) is 4.88. The number of hydrogen-bond donors (Lipinski definition) is 2. The second kappa shape index (κ2) is 4.37. The Kier molecular flexibility index (Phi) is 2.91. The molecule has 1 aromatic rings. The molecule has 0 spiro atoms. The Morgan fingerprint density at radius 3 is 3.00 bits per heavy atom. The summed E-state index contributed by atoms with van der Waals surface area (Å²) in [4.78, 5) is 15.1. The molecule has 0 fully saturated rings. The average molecular weight is 234 g/mol. The van der Waals surface area contributed by atoms with Crippen molar-refractivity contribution in [3.63, 3.8) is 0 Å². The summed E-state index contributed by atoms with van der Waals surface area (Å²) in [5.41, 5.74) is 5.09. The normalized spacial score (nSPS) is 23.2. The van der Waals surface area contributed by atoms with E-state index in [0.29, 0.717) is 5.57 Å². The van der Waals surface area contributed by atoms with E-state index in [-0.39, 0.29) is 12.4 Å². The number of aliphatic hydroxyl groups excluding tert-OH is 1. The van der Waals surface area contributed by atoms with Gasteiger partial charge in [0, 0.05) is 6.20 Å². The lowest BCUT2D eigenvalue weighted by Crippen LogP contribution is -2.28. The zero-order valence-electron chi connectivity index (χ0n) is 8.78. The first-order chi connectivity index (χ1) is 8.15. The molecule has 2 atom stereocenters. The lowest BCUT2D eigenvalue weighted by molar-refractivity contribution is -0.0125. The summed E-state index contributed by atoms with van der Waals surface area (Å²) in [6.07, 6.45) is 1.47. The Labute approximate surface area is 96.4 Å². The molecule has 2 rings (SSSR count). The van der Waals surface area contributed by atoms with Crippen LogP contribution in [-0.2, 0) is 4.74 Å². The molecular weight excluding hydrogens is 224 g/mol. The fourth-order valence-corrected chi connectivity index (χ4v) is 1.56. The van der Waals surface area contributed by atoms with Crippen molar-refractivity contribution in [1.29, 1.82) is 5.26 Å². The lowest BCUT2D eigenvalue weighted by Gasteiger charge is -2.14. The van der Waals surface area contributed by atoms with Crippen LogP contribution in [0.15, 0.2) is 28.7 Å². The van der Waals surface area contributed by atoms with Gasteiger partial charge in [0.05, 0.1) is 18.2 Å². The third kappa shape index (κ3) is 2.04. The third-order valence-corrected chi connectivity index (χ3v) is 2.39. The fraction of sp³-hybridized carbons (Fsp3) is 0.300. The van der Waals surface area contributed by atoms with Crippen LogP contribution in [0.4, 0.5) is 5.82 Å². The molecule has 1 aliphatic rings. The van der Waals surface area contributed by atoms with E-state index in [9.17, 15) is 4.79 Å². The second-order valence-electron chi connectivity index (χ2n) is 3.47. The predicted octanol–water partition coefficient (Wildman–Crippen LogP) is -0.835. The maximum Gasteiger partial charge on any atom is 0.351 e. The molecule has 7 heteroatoms. The Bertz CT molecular complexity index is 557. The quantitative estimate of drug-likeness (QED) is 0.690. The molecule has 0 aliphatic carbocycles. The molecule has 0 saturated heterocycles. The summed E-state index contributed by atoms with van der Waals surface area (Å²) in [6, 6.07) is 3.37. The first kappa shape index (κ1) is 11.3. The smallest absolute Gasteiger partial charge is 0.351 e. The molecule has 0 bridgehead atoms. The van der Waals surface area contributed by atoms with Crippen LogP contribution < -0.4 is 11.4 Å². The summed E-state index contributed by atoms with van der Waals surface area (Å²) in [5.74, 6) is 0.118. The van der Waals surface area contributed by atoms with Gasteiger partial charge in [-0.05, 0) is 12.1 Å². The zero-order chi connectivity index (χ0) is 12.4. The Morgan fingerprint density at radius 2 is 2.47 bits per heavy atom. The number of anilines is 1. The molecule has 88 valence electrons. The van der Waals surface area contributed by atoms with Crippen molar-refractivity contribution in [2.24, 2.45) is 0 Å². The van der Waals surface area contributed by atoms with E-state index in [4.69, 9.17) is 20.8 Å². The molecule has 0 saturated carbocycles. The monoisotopic (exact) mass is 234 g/mol. The number of rotatable bonds is 2. The standard InChI is InChI=1S/C10H10N4O3/c11-4-6-3-9(17-7(6)5-15)14-2-1-8(12)13-10(14)16/h1-3,7,9,15H,5H2,(H2,12,13,16)/t7-,9-/m0/s1. The summed E-state index contributed by atoms with van der Waals surface area (Å²) in [5, 5.41) is 17.8. The van der Waals surface area contributed by atoms with Crippen molar-refractivity contribution >= 4 is 5.82 Å². The van der Waals surface area contributed by atoms with Gasteiger partial charge in [0.1, 0.15) is 11.9 Å². The minimum Gasteiger partial charge on any atom is -0.393 e. The minimum atomic E-state index is -0.734. The summed E-state index contributed by atoms with van der Waals surface area (Å²) in [7, 11) is 0. The van der Waals surface area contributed by atoms with E-state index in [1.807, 2.05) is 6.07 Å². The summed E-state index contributed by atoms with van der Waals surface area (Å²) in [6.45, 7) is -0.312.